The first-order valence-electron chi connectivity index (χ1n) is 9.05. The Balaban J connectivity index is 1.79. The van der Waals surface area contributed by atoms with Crippen molar-refractivity contribution in [2.75, 3.05) is 20.8 Å². The molecule has 160 valence electrons. The molecule has 0 saturated carbocycles. The van der Waals surface area contributed by atoms with Crippen molar-refractivity contribution >= 4 is 44.8 Å². The van der Waals surface area contributed by atoms with Gasteiger partial charge >= 0.3 is 5.97 Å². The number of nitrogens with one attached hydrogen (secondary N) is 1. The monoisotopic (exact) mass is 486 g/mol. The molecule has 1 amide bonds. The van der Waals surface area contributed by atoms with E-state index in [9.17, 15) is 9.59 Å². The van der Waals surface area contributed by atoms with Crippen LogP contribution in [0.25, 0.3) is 10.8 Å². The molecule has 0 aliphatic carbocycles. The molecule has 8 nitrogen and oxygen atoms in total. The fourth-order valence-electron chi connectivity index (χ4n) is 2.88. The van der Waals surface area contributed by atoms with Gasteiger partial charge in [-0.3, -0.25) is 4.79 Å². The first kappa shape index (κ1) is 22.1. The zero-order valence-electron chi connectivity index (χ0n) is 16.7. The highest BCUT2D eigenvalue weighted by atomic mass is 79.9. The molecule has 0 radical (unpaired) electrons. The minimum atomic E-state index is -1.11. The van der Waals surface area contributed by atoms with E-state index in [-0.39, 0.29) is 5.75 Å². The molecule has 0 atom stereocenters. The van der Waals surface area contributed by atoms with Crippen LogP contribution < -0.4 is 19.6 Å². The maximum Gasteiger partial charge on any atom is 0.341 e. The predicted molar refractivity (Wildman–Crippen MR) is 119 cm³/mol. The Morgan fingerprint density at radius 3 is 2.39 bits per heavy atom. The fraction of sp³-hybridized carbons (Fsp3) is 0.136. The van der Waals surface area contributed by atoms with Crippen LogP contribution in [0.5, 0.6) is 17.2 Å². The van der Waals surface area contributed by atoms with Crippen molar-refractivity contribution in [3.8, 4) is 17.2 Å². The molecular weight excluding hydrogens is 468 g/mol. The summed E-state index contributed by atoms with van der Waals surface area (Å²) in [4.78, 5) is 23.4. The molecule has 0 spiro atoms. The van der Waals surface area contributed by atoms with Gasteiger partial charge in [0.05, 0.1) is 30.5 Å². The lowest BCUT2D eigenvalue weighted by molar-refractivity contribution is -0.139. The number of carboxylic acid groups (broad SMARTS) is 1. The van der Waals surface area contributed by atoms with E-state index < -0.39 is 18.5 Å². The molecular formula is C22H19BrN2O6. The lowest BCUT2D eigenvalue weighted by atomic mass is 10.1. The summed E-state index contributed by atoms with van der Waals surface area (Å²) in [5, 5.41) is 14.7. The molecule has 9 heteroatoms. The summed E-state index contributed by atoms with van der Waals surface area (Å²) in [5.74, 6) is -0.514. The van der Waals surface area contributed by atoms with Gasteiger partial charge in [-0.05, 0) is 56.5 Å². The number of aliphatic carboxylic acids is 1. The van der Waals surface area contributed by atoms with E-state index in [0.29, 0.717) is 27.1 Å². The Hall–Kier alpha value is -3.59. The average molecular weight is 487 g/mol. The van der Waals surface area contributed by atoms with E-state index in [1.807, 2.05) is 24.3 Å². The molecule has 0 unspecified atom stereocenters. The number of carbonyl (C=O) groups is 2. The van der Waals surface area contributed by atoms with E-state index in [4.69, 9.17) is 19.3 Å². The van der Waals surface area contributed by atoms with Crippen LogP contribution in [0.2, 0.25) is 0 Å². The quantitative estimate of drug-likeness (QED) is 0.370. The number of methoxy groups -OCH3 is 2. The molecule has 31 heavy (non-hydrogen) atoms. The largest absolute Gasteiger partial charge is 0.496 e. The second kappa shape index (κ2) is 9.94. The molecule has 0 bridgehead atoms. The summed E-state index contributed by atoms with van der Waals surface area (Å²) in [7, 11) is 2.94. The third kappa shape index (κ3) is 5.32. The number of benzene rings is 3. The summed E-state index contributed by atoms with van der Waals surface area (Å²) >= 11 is 3.32. The topological polar surface area (TPSA) is 106 Å². The fourth-order valence-corrected chi connectivity index (χ4v) is 3.45. The van der Waals surface area contributed by atoms with Crippen molar-refractivity contribution in [2.45, 2.75) is 0 Å². The van der Waals surface area contributed by atoms with E-state index in [2.05, 4.69) is 26.5 Å². The molecule has 3 aromatic rings. The number of halogens is 1. The lowest BCUT2D eigenvalue weighted by Crippen LogP contribution is -2.18. The maximum atomic E-state index is 12.6. The van der Waals surface area contributed by atoms with Crippen LogP contribution in [0.3, 0.4) is 0 Å². The molecule has 0 aliphatic rings. The Bertz CT molecular complexity index is 1160. The smallest absolute Gasteiger partial charge is 0.341 e. The van der Waals surface area contributed by atoms with Gasteiger partial charge in [-0.15, -0.1) is 0 Å². The first-order valence-corrected chi connectivity index (χ1v) is 9.84. The Morgan fingerprint density at radius 1 is 1.06 bits per heavy atom. The van der Waals surface area contributed by atoms with Gasteiger partial charge in [-0.2, -0.15) is 5.10 Å². The van der Waals surface area contributed by atoms with Crippen molar-refractivity contribution in [1.29, 1.82) is 0 Å². The van der Waals surface area contributed by atoms with Crippen molar-refractivity contribution in [3.05, 3.63) is 64.1 Å². The van der Waals surface area contributed by atoms with Gasteiger partial charge in [0.1, 0.15) is 5.75 Å². The van der Waals surface area contributed by atoms with Gasteiger partial charge in [0.15, 0.2) is 18.1 Å². The highest BCUT2D eigenvalue weighted by Crippen LogP contribution is 2.36. The summed E-state index contributed by atoms with van der Waals surface area (Å²) in [6.45, 7) is -0.508. The van der Waals surface area contributed by atoms with Crippen molar-refractivity contribution in [2.24, 2.45) is 5.10 Å². The number of ether oxygens (including phenoxy) is 3. The zero-order valence-corrected chi connectivity index (χ0v) is 18.3. The van der Waals surface area contributed by atoms with Gasteiger partial charge in [-0.25, -0.2) is 10.2 Å². The number of nitrogens with zero attached hydrogens (tertiary/aromatic N) is 1. The summed E-state index contributed by atoms with van der Waals surface area (Å²) in [6.07, 6.45) is 1.43. The Morgan fingerprint density at radius 2 is 1.74 bits per heavy atom. The second-order valence-corrected chi connectivity index (χ2v) is 7.17. The SMILES string of the molecule is COc1cc2ccccc2cc1C(=O)N/N=C\c1cc(Br)c(OCC(=O)O)c(OC)c1. The number of hydrogen-bond acceptors (Lipinski definition) is 6. The molecule has 0 aliphatic heterocycles. The number of hydrogen-bond donors (Lipinski definition) is 2. The number of rotatable bonds is 8. The third-order valence-corrected chi connectivity index (χ3v) is 4.87. The van der Waals surface area contributed by atoms with E-state index >= 15 is 0 Å². The number of fused-ring (bicyclic) bond motifs is 1. The van der Waals surface area contributed by atoms with Crippen LogP contribution in [0.1, 0.15) is 15.9 Å². The summed E-state index contributed by atoms with van der Waals surface area (Å²) < 4.78 is 16.3. The van der Waals surface area contributed by atoms with Gasteiger partial charge in [-0.1, -0.05) is 24.3 Å². The van der Waals surface area contributed by atoms with Gasteiger partial charge < -0.3 is 19.3 Å². The van der Waals surface area contributed by atoms with Crippen LogP contribution in [0.4, 0.5) is 0 Å². The minimum absolute atomic E-state index is 0.256. The van der Waals surface area contributed by atoms with E-state index in [1.54, 1.807) is 24.3 Å². The highest BCUT2D eigenvalue weighted by Gasteiger charge is 2.14. The number of hydrazone groups is 1. The zero-order chi connectivity index (χ0) is 22.4. The molecule has 0 aromatic heterocycles. The van der Waals surface area contributed by atoms with Crippen LogP contribution >= 0.6 is 15.9 Å². The minimum Gasteiger partial charge on any atom is -0.496 e. The molecule has 2 N–H and O–H groups in total. The number of carboxylic acids is 1. The highest BCUT2D eigenvalue weighted by molar-refractivity contribution is 9.10. The number of carbonyl (C=O) groups excluding carboxylic acids is 1. The molecule has 0 saturated heterocycles. The van der Waals surface area contributed by atoms with Crippen LogP contribution in [0, 0.1) is 0 Å². The summed E-state index contributed by atoms with van der Waals surface area (Å²) in [5.41, 5.74) is 3.43. The van der Waals surface area contributed by atoms with Gasteiger partial charge in [0.25, 0.3) is 5.91 Å². The molecule has 3 aromatic carbocycles. The van der Waals surface area contributed by atoms with Crippen molar-refractivity contribution in [3.63, 3.8) is 0 Å². The van der Waals surface area contributed by atoms with Gasteiger partial charge in [0, 0.05) is 0 Å². The molecule has 0 heterocycles. The predicted octanol–water partition coefficient (Wildman–Crippen LogP) is 3.85. The summed E-state index contributed by atoms with van der Waals surface area (Å²) in [6, 6.07) is 14.5. The molecule has 3 rings (SSSR count). The maximum absolute atomic E-state index is 12.6. The van der Waals surface area contributed by atoms with Crippen LogP contribution in [0.15, 0.2) is 58.1 Å². The third-order valence-electron chi connectivity index (χ3n) is 4.28. The lowest BCUT2D eigenvalue weighted by Gasteiger charge is -2.12. The van der Waals surface area contributed by atoms with E-state index in [1.165, 1.54) is 20.4 Å². The van der Waals surface area contributed by atoms with Crippen molar-refractivity contribution < 1.29 is 28.9 Å². The van der Waals surface area contributed by atoms with Crippen LogP contribution in [-0.2, 0) is 4.79 Å². The average Bonchev–Trinajstić information content (AvgIpc) is 2.76. The Labute approximate surface area is 186 Å². The normalized spacial score (nSPS) is 10.8. The first-order chi connectivity index (χ1) is 14.9. The van der Waals surface area contributed by atoms with Crippen LogP contribution in [-0.4, -0.2) is 44.0 Å². The number of amides is 1. The van der Waals surface area contributed by atoms with Crippen molar-refractivity contribution in [1.82, 2.24) is 5.43 Å². The Kier molecular flexibility index (Phi) is 7.09. The molecule has 0 fully saturated rings. The standard InChI is InChI=1S/C22H19BrN2O6/c1-29-18-10-15-6-4-3-5-14(15)9-16(18)22(28)25-24-11-13-7-17(23)21(19(8-13)30-2)31-12-20(26)27/h3-11H,12H2,1-2H3,(H,25,28)(H,26,27)/b24-11-. The van der Waals surface area contributed by atoms with E-state index in [0.717, 1.165) is 10.8 Å². The van der Waals surface area contributed by atoms with Gasteiger partial charge in [0.2, 0.25) is 0 Å². The second-order valence-electron chi connectivity index (χ2n) is 6.32.